The van der Waals surface area contributed by atoms with E-state index in [2.05, 4.69) is 11.6 Å². The number of hydrogen-bond donors (Lipinski definition) is 1. The van der Waals surface area contributed by atoms with Gasteiger partial charge in [0.1, 0.15) is 17.2 Å². The van der Waals surface area contributed by atoms with Gasteiger partial charge in [0.15, 0.2) is 11.5 Å². The number of phenols is 1. The fourth-order valence-electron chi connectivity index (χ4n) is 4.41. The number of hydrogen-bond acceptors (Lipinski definition) is 12. The third kappa shape index (κ3) is 13.5. The van der Waals surface area contributed by atoms with Crippen LogP contribution in [0.25, 0.3) is 0 Å². The Balaban J connectivity index is 1.23. The third-order valence-electron chi connectivity index (χ3n) is 7.19. The molecule has 0 radical (unpaired) electrons. The van der Waals surface area contributed by atoms with Gasteiger partial charge in [0, 0.05) is 31.3 Å². The molecule has 0 aromatic heterocycles. The van der Waals surface area contributed by atoms with E-state index in [1.165, 1.54) is 37.4 Å². The normalized spacial score (nSPS) is 10.7. The molecule has 0 fully saturated rings. The number of nitrogens with zero attached hydrogens (tertiary/aromatic N) is 1. The molecule has 0 saturated carbocycles. The Morgan fingerprint density at radius 3 is 1.75 bits per heavy atom. The summed E-state index contributed by atoms with van der Waals surface area (Å²) in [6.45, 7) is 6.18. The molecule has 0 bridgehead atoms. The van der Waals surface area contributed by atoms with Crippen LogP contribution in [0.15, 0.2) is 103 Å². The van der Waals surface area contributed by atoms with Gasteiger partial charge in [-0.05, 0) is 104 Å². The molecule has 0 aliphatic rings. The molecular weight excluding hydrogens is 706 g/mol. The molecule has 0 unspecified atom stereocenters. The highest BCUT2D eigenvalue weighted by Gasteiger charge is 2.15. The zero-order valence-electron chi connectivity index (χ0n) is 29.0. The van der Waals surface area contributed by atoms with E-state index in [4.69, 9.17) is 40.0 Å². The number of benzene rings is 4. The van der Waals surface area contributed by atoms with Crippen molar-refractivity contribution in [2.75, 3.05) is 26.4 Å². The standard InChI is InChI=1S/C40H38ClNO11/c1-3-38(45)51-23-7-6-22-50-31-16-10-29(11-17-31)39(46)52-33-14-8-28(9-15-33)26-42-35-25-36(44)37(24-34(35)41)53-40(47)30-12-18-32(19-13-30)49-21-5-4-20-48-27(2)43/h3,8-19,24-26,44H,1,4-7,20-23H2,2H3. The van der Waals surface area contributed by atoms with Crippen LogP contribution in [0.4, 0.5) is 5.69 Å². The number of rotatable bonds is 19. The van der Waals surface area contributed by atoms with Crippen molar-refractivity contribution < 1.29 is 52.7 Å². The van der Waals surface area contributed by atoms with Crippen molar-refractivity contribution in [2.24, 2.45) is 4.99 Å². The molecule has 53 heavy (non-hydrogen) atoms. The van der Waals surface area contributed by atoms with E-state index < -0.39 is 17.9 Å². The van der Waals surface area contributed by atoms with Crippen LogP contribution >= 0.6 is 11.6 Å². The molecule has 1 N–H and O–H groups in total. The summed E-state index contributed by atoms with van der Waals surface area (Å²) in [6, 6.07) is 22.0. The lowest BCUT2D eigenvalue weighted by atomic mass is 10.2. The molecular formula is C40H38ClNO11. The number of aromatic hydroxyl groups is 1. The number of ether oxygens (including phenoxy) is 6. The first-order valence-corrected chi connectivity index (χ1v) is 17.0. The fraction of sp³-hybridized carbons (Fsp3) is 0.225. The lowest BCUT2D eigenvalue weighted by Crippen LogP contribution is -2.08. The van der Waals surface area contributed by atoms with Crippen LogP contribution in [0.1, 0.15) is 58.9 Å². The Bertz CT molecular complexity index is 1890. The van der Waals surface area contributed by atoms with E-state index in [1.54, 1.807) is 60.7 Å². The highest BCUT2D eigenvalue weighted by Crippen LogP contribution is 2.37. The Hall–Kier alpha value is -6.14. The van der Waals surface area contributed by atoms with Gasteiger partial charge in [0.2, 0.25) is 0 Å². The summed E-state index contributed by atoms with van der Waals surface area (Å²) in [5.74, 6) is -1.03. The van der Waals surface area contributed by atoms with Crippen molar-refractivity contribution in [2.45, 2.75) is 32.6 Å². The van der Waals surface area contributed by atoms with E-state index in [0.29, 0.717) is 80.5 Å². The van der Waals surface area contributed by atoms with Crippen LogP contribution in [0.2, 0.25) is 5.02 Å². The monoisotopic (exact) mass is 743 g/mol. The summed E-state index contributed by atoms with van der Waals surface area (Å²) in [6.07, 6.45) is 5.33. The predicted octanol–water partition coefficient (Wildman–Crippen LogP) is 7.84. The number of carbonyl (C=O) groups excluding carboxylic acids is 4. The Morgan fingerprint density at radius 2 is 1.21 bits per heavy atom. The molecule has 0 saturated heterocycles. The second-order valence-corrected chi connectivity index (χ2v) is 11.7. The van der Waals surface area contributed by atoms with Crippen LogP contribution in [-0.2, 0) is 19.1 Å². The van der Waals surface area contributed by atoms with Gasteiger partial charge in [-0.15, -0.1) is 0 Å². The van der Waals surface area contributed by atoms with Gasteiger partial charge in [-0.1, -0.05) is 18.2 Å². The molecule has 276 valence electrons. The van der Waals surface area contributed by atoms with Gasteiger partial charge in [-0.25, -0.2) is 14.4 Å². The number of halogens is 1. The van der Waals surface area contributed by atoms with E-state index in [9.17, 15) is 24.3 Å². The van der Waals surface area contributed by atoms with Gasteiger partial charge < -0.3 is 33.5 Å². The minimum absolute atomic E-state index is 0.132. The van der Waals surface area contributed by atoms with Gasteiger partial charge in [-0.2, -0.15) is 0 Å². The first-order valence-electron chi connectivity index (χ1n) is 16.6. The number of unbranched alkanes of at least 4 members (excludes halogenated alkanes) is 2. The number of esters is 4. The molecule has 0 spiro atoms. The quantitative estimate of drug-likeness (QED) is 0.0328. The van der Waals surface area contributed by atoms with Crippen molar-refractivity contribution >= 4 is 47.4 Å². The number of carbonyl (C=O) groups is 4. The van der Waals surface area contributed by atoms with Crippen LogP contribution < -0.4 is 18.9 Å². The summed E-state index contributed by atoms with van der Waals surface area (Å²) < 4.78 is 31.9. The predicted molar refractivity (Wildman–Crippen MR) is 197 cm³/mol. The van der Waals surface area contributed by atoms with Gasteiger partial charge in [-0.3, -0.25) is 9.79 Å². The van der Waals surface area contributed by atoms with Crippen molar-refractivity contribution in [1.82, 2.24) is 0 Å². The van der Waals surface area contributed by atoms with Crippen LogP contribution in [0.5, 0.6) is 28.7 Å². The molecule has 12 nitrogen and oxygen atoms in total. The first-order chi connectivity index (χ1) is 25.6. The minimum Gasteiger partial charge on any atom is -0.504 e. The SMILES string of the molecule is C=CC(=O)OCCCCOc1ccc(C(=O)Oc2ccc(C=Nc3cc(O)c(OC(=O)c4ccc(OCCCCOC(C)=O)cc4)cc3Cl)cc2)cc1. The molecule has 0 amide bonds. The number of aliphatic imine (C=N–C) groups is 1. The zero-order chi connectivity index (χ0) is 38.0. The van der Waals surface area contributed by atoms with E-state index >= 15 is 0 Å². The molecule has 0 heterocycles. The molecule has 0 aliphatic carbocycles. The Morgan fingerprint density at radius 1 is 0.698 bits per heavy atom. The van der Waals surface area contributed by atoms with Crippen molar-refractivity contribution in [3.63, 3.8) is 0 Å². The van der Waals surface area contributed by atoms with Crippen LogP contribution in [0, 0.1) is 0 Å². The maximum Gasteiger partial charge on any atom is 0.343 e. The van der Waals surface area contributed by atoms with E-state index in [1.807, 2.05) is 0 Å². The molecule has 4 aromatic carbocycles. The minimum atomic E-state index is -0.707. The summed E-state index contributed by atoms with van der Waals surface area (Å²) in [4.78, 5) is 51.5. The average Bonchev–Trinajstić information content (AvgIpc) is 3.16. The summed E-state index contributed by atoms with van der Waals surface area (Å²) >= 11 is 6.38. The lowest BCUT2D eigenvalue weighted by Gasteiger charge is -2.10. The first kappa shape index (κ1) is 39.6. The lowest BCUT2D eigenvalue weighted by molar-refractivity contribution is -0.141. The molecule has 4 aromatic rings. The Labute approximate surface area is 311 Å². The topological polar surface area (TPSA) is 156 Å². The van der Waals surface area contributed by atoms with E-state index in [-0.39, 0.29) is 33.7 Å². The highest BCUT2D eigenvalue weighted by molar-refractivity contribution is 6.33. The molecule has 0 atom stereocenters. The maximum absolute atomic E-state index is 12.7. The Kier molecular flexibility index (Phi) is 15.4. The number of phenolic OH excluding ortho intramolecular Hbond substituents is 1. The van der Waals surface area contributed by atoms with Crippen molar-refractivity contribution in [3.8, 4) is 28.7 Å². The second-order valence-electron chi connectivity index (χ2n) is 11.2. The van der Waals surface area contributed by atoms with Crippen molar-refractivity contribution in [1.29, 1.82) is 0 Å². The second kappa shape index (κ2) is 20.6. The average molecular weight is 744 g/mol. The van der Waals surface area contributed by atoms with Gasteiger partial charge in [0.25, 0.3) is 0 Å². The highest BCUT2D eigenvalue weighted by atomic mass is 35.5. The summed E-state index contributed by atoms with van der Waals surface area (Å²) in [7, 11) is 0. The zero-order valence-corrected chi connectivity index (χ0v) is 29.7. The largest absolute Gasteiger partial charge is 0.504 e. The molecule has 4 rings (SSSR count). The van der Waals surface area contributed by atoms with Crippen LogP contribution in [0.3, 0.4) is 0 Å². The molecule has 13 heteroatoms. The molecule has 0 aliphatic heterocycles. The van der Waals surface area contributed by atoms with E-state index in [0.717, 1.165) is 6.08 Å². The van der Waals surface area contributed by atoms with Crippen LogP contribution in [-0.4, -0.2) is 61.6 Å². The maximum atomic E-state index is 12.7. The van der Waals surface area contributed by atoms with Gasteiger partial charge in [0.05, 0.1) is 48.3 Å². The third-order valence-corrected chi connectivity index (χ3v) is 7.49. The van der Waals surface area contributed by atoms with Gasteiger partial charge >= 0.3 is 23.9 Å². The summed E-state index contributed by atoms with van der Waals surface area (Å²) in [5.41, 5.74) is 1.46. The fourth-order valence-corrected chi connectivity index (χ4v) is 4.62. The summed E-state index contributed by atoms with van der Waals surface area (Å²) in [5, 5.41) is 10.7. The smallest absolute Gasteiger partial charge is 0.343 e. The van der Waals surface area contributed by atoms with Crippen molar-refractivity contribution in [3.05, 3.63) is 119 Å².